The number of benzene rings is 2. The van der Waals surface area contributed by atoms with Crippen LogP contribution in [-0.2, 0) is 16.6 Å². The average molecular weight is 284 g/mol. The van der Waals surface area contributed by atoms with Crippen LogP contribution in [-0.4, -0.2) is 4.21 Å². The molecule has 0 aliphatic carbocycles. The first-order valence-corrected chi connectivity index (χ1v) is 6.94. The van der Waals surface area contributed by atoms with E-state index < -0.39 is 16.6 Å². The molecule has 2 nitrogen and oxygen atoms in total. The van der Waals surface area contributed by atoms with Crippen molar-refractivity contribution in [1.29, 1.82) is 0 Å². The molecule has 0 aromatic heterocycles. The van der Waals surface area contributed by atoms with Gasteiger partial charge in [0.25, 0.3) is 0 Å². The smallest absolute Gasteiger partial charge is 0.142 e. The van der Waals surface area contributed by atoms with Gasteiger partial charge in [0.2, 0.25) is 0 Å². The number of nitrogen functional groups attached to an aromatic ring is 1. The molecule has 2 aromatic rings. The second-order valence-electron chi connectivity index (χ2n) is 3.81. The first kappa shape index (κ1) is 13.1. The summed E-state index contributed by atoms with van der Waals surface area (Å²) in [5, 5.41) is 0.0667. The van der Waals surface area contributed by atoms with E-state index in [1.54, 1.807) is 30.3 Å². The number of halogens is 2. The molecule has 1 unspecified atom stereocenters. The fourth-order valence-corrected chi connectivity index (χ4v) is 2.69. The Bertz CT molecular complexity index is 586. The maximum absolute atomic E-state index is 13.2. The number of rotatable bonds is 3. The van der Waals surface area contributed by atoms with Gasteiger partial charge in [0.15, 0.2) is 0 Å². The Kier molecular flexibility index (Phi) is 3.99. The Labute approximate surface area is 112 Å². The molecule has 0 saturated carbocycles. The van der Waals surface area contributed by atoms with E-state index in [1.807, 2.05) is 0 Å². The molecule has 18 heavy (non-hydrogen) atoms. The predicted octanol–water partition coefficient (Wildman–Crippen LogP) is 3.37. The lowest BCUT2D eigenvalue weighted by Gasteiger charge is -2.04. The summed E-state index contributed by atoms with van der Waals surface area (Å²) in [5.41, 5.74) is 6.82. The first-order valence-electron chi connectivity index (χ1n) is 5.24. The van der Waals surface area contributed by atoms with Crippen molar-refractivity contribution in [2.75, 3.05) is 5.73 Å². The van der Waals surface area contributed by atoms with Crippen LogP contribution in [0.1, 0.15) is 5.56 Å². The third-order valence-corrected chi connectivity index (χ3v) is 4.12. The summed E-state index contributed by atoms with van der Waals surface area (Å²) in [5.74, 6) is -0.249. The molecule has 2 rings (SSSR count). The van der Waals surface area contributed by atoms with Gasteiger partial charge in [-0.1, -0.05) is 17.7 Å². The highest BCUT2D eigenvalue weighted by Crippen LogP contribution is 2.19. The average Bonchev–Trinajstić information content (AvgIpc) is 2.34. The van der Waals surface area contributed by atoms with Crippen LogP contribution in [0.4, 0.5) is 10.1 Å². The van der Waals surface area contributed by atoms with Gasteiger partial charge in [-0.25, -0.2) is 4.39 Å². The van der Waals surface area contributed by atoms with E-state index in [2.05, 4.69) is 0 Å². The van der Waals surface area contributed by atoms with Crippen molar-refractivity contribution >= 4 is 28.1 Å². The molecule has 0 amide bonds. The summed E-state index contributed by atoms with van der Waals surface area (Å²) >= 11 is 5.59. The zero-order valence-electron chi connectivity index (χ0n) is 9.40. The minimum atomic E-state index is -1.22. The second kappa shape index (κ2) is 5.50. The Morgan fingerprint density at radius 2 is 1.83 bits per heavy atom. The molecule has 0 spiro atoms. The fourth-order valence-electron chi connectivity index (χ4n) is 1.48. The molecule has 0 radical (unpaired) electrons. The summed E-state index contributed by atoms with van der Waals surface area (Å²) in [6, 6.07) is 11.2. The van der Waals surface area contributed by atoms with E-state index in [-0.39, 0.29) is 10.8 Å². The van der Waals surface area contributed by atoms with Gasteiger partial charge in [0.1, 0.15) is 5.82 Å². The minimum absolute atomic E-state index is 0.0667. The molecular formula is C13H11ClFNOS. The van der Waals surface area contributed by atoms with E-state index in [1.165, 1.54) is 12.1 Å². The highest BCUT2D eigenvalue weighted by atomic mass is 35.5. The molecule has 0 aliphatic heterocycles. The van der Waals surface area contributed by atoms with Gasteiger partial charge in [0, 0.05) is 10.6 Å². The summed E-state index contributed by atoms with van der Waals surface area (Å²) in [7, 11) is -1.22. The summed E-state index contributed by atoms with van der Waals surface area (Å²) in [6.07, 6.45) is 0. The molecule has 1 atom stereocenters. The molecule has 5 heteroatoms. The van der Waals surface area contributed by atoms with Gasteiger partial charge in [-0.15, -0.1) is 0 Å². The van der Waals surface area contributed by atoms with E-state index in [0.29, 0.717) is 16.1 Å². The van der Waals surface area contributed by atoms with Crippen LogP contribution < -0.4 is 5.73 Å². The van der Waals surface area contributed by atoms with Crippen molar-refractivity contribution in [3.8, 4) is 0 Å². The van der Waals surface area contributed by atoms with Crippen molar-refractivity contribution in [2.45, 2.75) is 10.6 Å². The maximum Gasteiger partial charge on any atom is 0.142 e. The lowest BCUT2D eigenvalue weighted by atomic mass is 10.2. The lowest BCUT2D eigenvalue weighted by Crippen LogP contribution is -1.97. The van der Waals surface area contributed by atoms with Crippen molar-refractivity contribution in [3.63, 3.8) is 0 Å². The number of hydrogen-bond acceptors (Lipinski definition) is 2. The SMILES string of the molecule is Nc1ccc(S(=O)Cc2ccc(Cl)c(F)c2)cc1. The largest absolute Gasteiger partial charge is 0.399 e. The van der Waals surface area contributed by atoms with Crippen molar-refractivity contribution in [3.05, 3.63) is 58.9 Å². The minimum Gasteiger partial charge on any atom is -0.399 e. The molecule has 0 aliphatic rings. The highest BCUT2D eigenvalue weighted by Gasteiger charge is 2.07. The van der Waals surface area contributed by atoms with E-state index >= 15 is 0 Å². The molecule has 94 valence electrons. The Morgan fingerprint density at radius 1 is 1.17 bits per heavy atom. The van der Waals surface area contributed by atoms with Crippen LogP contribution in [0.15, 0.2) is 47.4 Å². The highest BCUT2D eigenvalue weighted by molar-refractivity contribution is 7.84. The van der Waals surface area contributed by atoms with Gasteiger partial charge in [0.05, 0.1) is 21.6 Å². The third kappa shape index (κ3) is 3.09. The predicted molar refractivity (Wildman–Crippen MR) is 72.4 cm³/mol. The van der Waals surface area contributed by atoms with Crippen LogP contribution in [0, 0.1) is 5.82 Å². The summed E-state index contributed by atoms with van der Waals surface area (Å²) in [4.78, 5) is 0.666. The quantitative estimate of drug-likeness (QED) is 0.878. The van der Waals surface area contributed by atoms with Crippen molar-refractivity contribution in [2.24, 2.45) is 0 Å². The molecule has 0 saturated heterocycles. The van der Waals surface area contributed by atoms with Gasteiger partial charge < -0.3 is 5.73 Å². The monoisotopic (exact) mass is 283 g/mol. The lowest BCUT2D eigenvalue weighted by molar-refractivity contribution is 0.626. The van der Waals surface area contributed by atoms with Crippen LogP contribution >= 0.6 is 11.6 Å². The Balaban J connectivity index is 2.16. The number of hydrogen-bond donors (Lipinski definition) is 1. The zero-order valence-corrected chi connectivity index (χ0v) is 11.0. The molecule has 2 aromatic carbocycles. The summed E-state index contributed by atoms with van der Waals surface area (Å²) in [6.45, 7) is 0. The van der Waals surface area contributed by atoms with E-state index in [4.69, 9.17) is 17.3 Å². The van der Waals surface area contributed by atoms with Crippen LogP contribution in [0.2, 0.25) is 5.02 Å². The van der Waals surface area contributed by atoms with E-state index in [0.717, 1.165) is 0 Å². The zero-order chi connectivity index (χ0) is 13.1. The topological polar surface area (TPSA) is 43.1 Å². The Hall–Kier alpha value is -1.39. The van der Waals surface area contributed by atoms with Gasteiger partial charge in [-0.3, -0.25) is 4.21 Å². The van der Waals surface area contributed by atoms with Gasteiger partial charge in [-0.05, 0) is 42.0 Å². The van der Waals surface area contributed by atoms with Crippen LogP contribution in [0.5, 0.6) is 0 Å². The van der Waals surface area contributed by atoms with Crippen molar-refractivity contribution < 1.29 is 8.60 Å². The summed E-state index contributed by atoms with van der Waals surface area (Å²) < 4.78 is 25.3. The normalized spacial score (nSPS) is 12.3. The standard InChI is InChI=1S/C13H11ClFNOS/c14-12-6-1-9(7-13(12)15)8-18(17)11-4-2-10(16)3-5-11/h1-7H,8,16H2. The van der Waals surface area contributed by atoms with Crippen LogP contribution in [0.25, 0.3) is 0 Å². The number of anilines is 1. The molecule has 0 bridgehead atoms. The fraction of sp³-hybridized carbons (Fsp3) is 0.0769. The number of nitrogens with two attached hydrogens (primary N) is 1. The molecule has 0 heterocycles. The second-order valence-corrected chi connectivity index (χ2v) is 5.67. The molecule has 2 N–H and O–H groups in total. The van der Waals surface area contributed by atoms with Crippen molar-refractivity contribution in [1.82, 2.24) is 0 Å². The Morgan fingerprint density at radius 3 is 2.44 bits per heavy atom. The van der Waals surface area contributed by atoms with Crippen LogP contribution in [0.3, 0.4) is 0 Å². The first-order chi connectivity index (χ1) is 8.56. The van der Waals surface area contributed by atoms with Gasteiger partial charge >= 0.3 is 0 Å². The van der Waals surface area contributed by atoms with E-state index in [9.17, 15) is 8.60 Å². The molecular weight excluding hydrogens is 273 g/mol. The van der Waals surface area contributed by atoms with Gasteiger partial charge in [-0.2, -0.15) is 0 Å². The molecule has 0 fully saturated rings. The third-order valence-electron chi connectivity index (χ3n) is 2.42. The maximum atomic E-state index is 13.2.